The SMILES string of the molecule is NCCc1ccc2[nH]c(=O)ncc2c1. The predicted molar refractivity (Wildman–Crippen MR) is 55.1 cm³/mol. The molecule has 4 heteroatoms. The zero-order chi connectivity index (χ0) is 9.97. The van der Waals surface area contributed by atoms with Crippen LogP contribution in [0.1, 0.15) is 5.56 Å². The van der Waals surface area contributed by atoms with E-state index in [2.05, 4.69) is 9.97 Å². The number of nitrogens with one attached hydrogen (secondary N) is 1. The fraction of sp³-hybridized carbons (Fsp3) is 0.200. The van der Waals surface area contributed by atoms with Crippen LogP contribution in [0.3, 0.4) is 0 Å². The minimum absolute atomic E-state index is 0.316. The van der Waals surface area contributed by atoms with Crippen molar-refractivity contribution in [3.63, 3.8) is 0 Å². The number of H-pyrrole nitrogens is 1. The largest absolute Gasteiger partial charge is 0.345 e. The van der Waals surface area contributed by atoms with E-state index in [-0.39, 0.29) is 5.69 Å². The number of nitrogens with two attached hydrogens (primary N) is 1. The summed E-state index contributed by atoms with van der Waals surface area (Å²) in [6.07, 6.45) is 2.42. The smallest absolute Gasteiger partial charge is 0.330 e. The third-order valence-electron chi connectivity index (χ3n) is 2.11. The van der Waals surface area contributed by atoms with Crippen LogP contribution >= 0.6 is 0 Å². The summed E-state index contributed by atoms with van der Waals surface area (Å²) in [5.41, 5.74) is 7.11. The maximum Gasteiger partial charge on any atom is 0.345 e. The lowest BCUT2D eigenvalue weighted by atomic mass is 10.1. The van der Waals surface area contributed by atoms with Crippen LogP contribution in [-0.2, 0) is 6.42 Å². The molecule has 0 radical (unpaired) electrons. The number of hydrogen-bond acceptors (Lipinski definition) is 3. The molecule has 2 rings (SSSR count). The van der Waals surface area contributed by atoms with Gasteiger partial charge in [-0.05, 0) is 30.7 Å². The Hall–Kier alpha value is -1.68. The number of aromatic nitrogens is 2. The molecule has 4 nitrogen and oxygen atoms in total. The normalized spacial score (nSPS) is 10.6. The lowest BCUT2D eigenvalue weighted by Gasteiger charge is -2.00. The van der Waals surface area contributed by atoms with Crippen molar-refractivity contribution in [1.82, 2.24) is 9.97 Å². The predicted octanol–water partition coefficient (Wildman–Crippen LogP) is 0.424. The molecule has 1 aromatic carbocycles. The maximum atomic E-state index is 10.9. The van der Waals surface area contributed by atoms with Gasteiger partial charge in [-0.3, -0.25) is 0 Å². The van der Waals surface area contributed by atoms with Crippen LogP contribution in [0.25, 0.3) is 10.9 Å². The molecule has 72 valence electrons. The fourth-order valence-electron chi connectivity index (χ4n) is 1.43. The van der Waals surface area contributed by atoms with Crippen LogP contribution in [0.4, 0.5) is 0 Å². The Balaban J connectivity index is 2.56. The third-order valence-corrected chi connectivity index (χ3v) is 2.11. The molecule has 0 amide bonds. The number of hydrogen-bond donors (Lipinski definition) is 2. The van der Waals surface area contributed by atoms with Gasteiger partial charge in [0.15, 0.2) is 0 Å². The van der Waals surface area contributed by atoms with Crippen molar-refractivity contribution in [1.29, 1.82) is 0 Å². The van der Waals surface area contributed by atoms with Crippen molar-refractivity contribution in [2.24, 2.45) is 5.73 Å². The van der Waals surface area contributed by atoms with E-state index < -0.39 is 0 Å². The van der Waals surface area contributed by atoms with Gasteiger partial charge in [0.05, 0.1) is 5.52 Å². The zero-order valence-electron chi connectivity index (χ0n) is 7.66. The lowest BCUT2D eigenvalue weighted by molar-refractivity contribution is 0.970. The lowest BCUT2D eigenvalue weighted by Crippen LogP contribution is -2.08. The average molecular weight is 189 g/mol. The van der Waals surface area contributed by atoms with E-state index in [4.69, 9.17) is 5.73 Å². The maximum absolute atomic E-state index is 10.9. The molecule has 0 aliphatic carbocycles. The Morgan fingerprint density at radius 1 is 1.43 bits per heavy atom. The quantitative estimate of drug-likeness (QED) is 0.719. The van der Waals surface area contributed by atoms with Crippen LogP contribution < -0.4 is 11.4 Å². The summed E-state index contributed by atoms with van der Waals surface area (Å²) < 4.78 is 0. The van der Waals surface area contributed by atoms with Gasteiger partial charge >= 0.3 is 5.69 Å². The highest BCUT2D eigenvalue weighted by Crippen LogP contribution is 2.11. The standard InChI is InChI=1S/C10H11N3O/c11-4-3-7-1-2-9-8(5-7)6-12-10(14)13-9/h1-2,5-6H,3-4,11H2,(H,12,13,14). The van der Waals surface area contributed by atoms with E-state index in [1.807, 2.05) is 18.2 Å². The summed E-state index contributed by atoms with van der Waals surface area (Å²) in [5, 5.41) is 0.940. The molecule has 0 spiro atoms. The highest BCUT2D eigenvalue weighted by Gasteiger charge is 1.96. The first-order valence-electron chi connectivity index (χ1n) is 4.47. The van der Waals surface area contributed by atoms with Gasteiger partial charge in [-0.25, -0.2) is 9.78 Å². The Morgan fingerprint density at radius 3 is 3.07 bits per heavy atom. The first kappa shape index (κ1) is 8.90. The molecule has 0 fully saturated rings. The molecule has 1 heterocycles. The second kappa shape index (κ2) is 3.59. The van der Waals surface area contributed by atoms with Gasteiger partial charge in [0, 0.05) is 11.6 Å². The van der Waals surface area contributed by atoms with Gasteiger partial charge in [0.2, 0.25) is 0 Å². The van der Waals surface area contributed by atoms with Crippen LogP contribution in [0, 0.1) is 0 Å². The van der Waals surface area contributed by atoms with Crippen molar-refractivity contribution in [3.8, 4) is 0 Å². The van der Waals surface area contributed by atoms with Crippen LogP contribution in [-0.4, -0.2) is 16.5 Å². The van der Waals surface area contributed by atoms with Crippen molar-refractivity contribution in [3.05, 3.63) is 40.4 Å². The summed E-state index contributed by atoms with van der Waals surface area (Å²) in [5.74, 6) is 0. The number of benzene rings is 1. The molecule has 3 N–H and O–H groups in total. The van der Waals surface area contributed by atoms with Gasteiger partial charge < -0.3 is 10.7 Å². The van der Waals surface area contributed by atoms with Crippen molar-refractivity contribution in [2.75, 3.05) is 6.54 Å². The highest BCUT2D eigenvalue weighted by atomic mass is 16.1. The summed E-state index contributed by atoms with van der Waals surface area (Å²) in [6, 6.07) is 5.83. The summed E-state index contributed by atoms with van der Waals surface area (Å²) >= 11 is 0. The molecule has 0 bridgehead atoms. The molecule has 0 atom stereocenters. The van der Waals surface area contributed by atoms with Gasteiger partial charge in [0.25, 0.3) is 0 Å². The van der Waals surface area contributed by atoms with E-state index in [1.54, 1.807) is 6.20 Å². The average Bonchev–Trinajstić information content (AvgIpc) is 2.19. The molecular weight excluding hydrogens is 178 g/mol. The Kier molecular flexibility index (Phi) is 2.28. The monoisotopic (exact) mass is 189 g/mol. The third kappa shape index (κ3) is 1.65. The minimum atomic E-state index is -0.316. The molecule has 0 aliphatic rings. The molecule has 0 unspecified atom stereocenters. The van der Waals surface area contributed by atoms with Crippen molar-refractivity contribution in [2.45, 2.75) is 6.42 Å². The number of nitrogens with zero attached hydrogens (tertiary/aromatic N) is 1. The summed E-state index contributed by atoms with van der Waals surface area (Å²) in [7, 11) is 0. The second-order valence-electron chi connectivity index (χ2n) is 3.15. The topological polar surface area (TPSA) is 71.8 Å². The molecule has 0 saturated heterocycles. The highest BCUT2D eigenvalue weighted by molar-refractivity contribution is 5.77. The summed E-state index contributed by atoms with van der Waals surface area (Å²) in [6.45, 7) is 0.627. The Bertz CT molecular complexity index is 504. The van der Waals surface area contributed by atoms with E-state index in [0.717, 1.165) is 22.9 Å². The van der Waals surface area contributed by atoms with E-state index in [0.29, 0.717) is 6.54 Å². The van der Waals surface area contributed by atoms with Crippen molar-refractivity contribution < 1.29 is 0 Å². The number of rotatable bonds is 2. The van der Waals surface area contributed by atoms with Crippen LogP contribution in [0.15, 0.2) is 29.2 Å². The molecule has 2 aromatic rings. The molecule has 0 aliphatic heterocycles. The summed E-state index contributed by atoms with van der Waals surface area (Å²) in [4.78, 5) is 17.2. The minimum Gasteiger partial charge on any atom is -0.330 e. The Labute approximate surface area is 80.8 Å². The first-order valence-corrected chi connectivity index (χ1v) is 4.47. The zero-order valence-corrected chi connectivity index (χ0v) is 7.66. The molecule has 0 saturated carbocycles. The molecule has 1 aromatic heterocycles. The second-order valence-corrected chi connectivity index (χ2v) is 3.15. The van der Waals surface area contributed by atoms with E-state index >= 15 is 0 Å². The van der Waals surface area contributed by atoms with Crippen LogP contribution in [0.5, 0.6) is 0 Å². The molecule has 14 heavy (non-hydrogen) atoms. The van der Waals surface area contributed by atoms with E-state index in [1.165, 1.54) is 0 Å². The Morgan fingerprint density at radius 2 is 2.29 bits per heavy atom. The van der Waals surface area contributed by atoms with Gasteiger partial charge in [-0.2, -0.15) is 0 Å². The van der Waals surface area contributed by atoms with Crippen LogP contribution in [0.2, 0.25) is 0 Å². The fourth-order valence-corrected chi connectivity index (χ4v) is 1.43. The van der Waals surface area contributed by atoms with Gasteiger partial charge in [0.1, 0.15) is 0 Å². The van der Waals surface area contributed by atoms with E-state index in [9.17, 15) is 4.79 Å². The van der Waals surface area contributed by atoms with Crippen molar-refractivity contribution >= 4 is 10.9 Å². The number of aromatic amines is 1. The van der Waals surface area contributed by atoms with Gasteiger partial charge in [-0.1, -0.05) is 6.07 Å². The molecular formula is C10H11N3O. The number of fused-ring (bicyclic) bond motifs is 1. The van der Waals surface area contributed by atoms with Gasteiger partial charge in [-0.15, -0.1) is 0 Å². The first-order chi connectivity index (χ1) is 6.79.